The molecule has 0 bridgehead atoms. The standard InChI is InChI=1S/C15H13Cl2NO4S/c1-2-22-15(19)10-3-6-12(7-4-10)23(20,21)18-14-9-11(16)5-8-13(14)17/h3-9,18H,2H2,1H3. The minimum absolute atomic E-state index is 0.0124. The largest absolute Gasteiger partial charge is 0.462 e. The molecule has 0 fully saturated rings. The van der Waals surface area contributed by atoms with Crippen LogP contribution in [0, 0.1) is 0 Å². The number of rotatable bonds is 5. The van der Waals surface area contributed by atoms with Crippen LogP contribution in [0.5, 0.6) is 0 Å². The van der Waals surface area contributed by atoms with Crippen LogP contribution in [0.2, 0.25) is 10.0 Å². The van der Waals surface area contributed by atoms with Crippen molar-refractivity contribution >= 4 is 44.9 Å². The molecule has 1 N–H and O–H groups in total. The van der Waals surface area contributed by atoms with Crippen LogP contribution in [0.3, 0.4) is 0 Å². The zero-order chi connectivity index (χ0) is 17.0. The van der Waals surface area contributed by atoms with Gasteiger partial charge in [0.05, 0.1) is 27.8 Å². The molecule has 0 heterocycles. The van der Waals surface area contributed by atoms with Crippen LogP contribution in [0.4, 0.5) is 5.69 Å². The summed E-state index contributed by atoms with van der Waals surface area (Å²) in [7, 11) is -3.85. The summed E-state index contributed by atoms with van der Waals surface area (Å²) in [5.74, 6) is -0.512. The van der Waals surface area contributed by atoms with Gasteiger partial charge in [0.25, 0.3) is 10.0 Å². The molecule has 0 saturated heterocycles. The Hall–Kier alpha value is -1.76. The topological polar surface area (TPSA) is 72.5 Å². The molecule has 0 aromatic heterocycles. The van der Waals surface area contributed by atoms with Crippen molar-refractivity contribution in [2.75, 3.05) is 11.3 Å². The number of hydrogen-bond acceptors (Lipinski definition) is 4. The van der Waals surface area contributed by atoms with E-state index in [9.17, 15) is 13.2 Å². The Morgan fingerprint density at radius 2 is 1.78 bits per heavy atom. The van der Waals surface area contributed by atoms with Crippen molar-refractivity contribution in [3.05, 3.63) is 58.1 Å². The zero-order valence-electron chi connectivity index (χ0n) is 12.0. The van der Waals surface area contributed by atoms with Crippen LogP contribution in [-0.2, 0) is 14.8 Å². The predicted octanol–water partition coefficient (Wildman–Crippen LogP) is 3.97. The van der Waals surface area contributed by atoms with Crippen LogP contribution in [0.15, 0.2) is 47.4 Å². The van der Waals surface area contributed by atoms with Gasteiger partial charge in [0.15, 0.2) is 0 Å². The highest BCUT2D eigenvalue weighted by molar-refractivity contribution is 7.92. The molecule has 2 aromatic carbocycles. The van der Waals surface area contributed by atoms with Gasteiger partial charge in [0.1, 0.15) is 0 Å². The predicted molar refractivity (Wildman–Crippen MR) is 89.7 cm³/mol. The van der Waals surface area contributed by atoms with Gasteiger partial charge in [0, 0.05) is 5.02 Å². The van der Waals surface area contributed by atoms with Gasteiger partial charge in [0.2, 0.25) is 0 Å². The van der Waals surface area contributed by atoms with Gasteiger partial charge in [-0.2, -0.15) is 0 Å². The molecular formula is C15H13Cl2NO4S. The normalized spacial score (nSPS) is 11.1. The smallest absolute Gasteiger partial charge is 0.338 e. The first-order valence-corrected chi connectivity index (χ1v) is 8.82. The van der Waals surface area contributed by atoms with Crippen molar-refractivity contribution in [2.45, 2.75) is 11.8 Å². The van der Waals surface area contributed by atoms with Gasteiger partial charge < -0.3 is 4.74 Å². The van der Waals surface area contributed by atoms with E-state index in [0.29, 0.717) is 5.02 Å². The van der Waals surface area contributed by atoms with Crippen LogP contribution >= 0.6 is 23.2 Å². The first-order valence-electron chi connectivity index (χ1n) is 6.58. The highest BCUT2D eigenvalue weighted by Gasteiger charge is 2.17. The number of nitrogens with one attached hydrogen (secondary N) is 1. The Morgan fingerprint density at radius 3 is 2.39 bits per heavy atom. The number of anilines is 1. The van der Waals surface area contributed by atoms with E-state index in [0.717, 1.165) is 0 Å². The average Bonchev–Trinajstić information content (AvgIpc) is 2.51. The molecule has 0 spiro atoms. The van der Waals surface area contributed by atoms with Gasteiger partial charge in [-0.3, -0.25) is 4.72 Å². The molecule has 122 valence electrons. The fraction of sp³-hybridized carbons (Fsp3) is 0.133. The van der Waals surface area contributed by atoms with Crippen molar-refractivity contribution in [3.8, 4) is 0 Å². The van der Waals surface area contributed by atoms with E-state index in [-0.39, 0.29) is 27.8 Å². The average molecular weight is 374 g/mol. The van der Waals surface area contributed by atoms with Gasteiger partial charge in [-0.25, -0.2) is 13.2 Å². The number of ether oxygens (including phenoxy) is 1. The molecule has 0 saturated carbocycles. The molecule has 0 amide bonds. The highest BCUT2D eigenvalue weighted by atomic mass is 35.5. The summed E-state index contributed by atoms with van der Waals surface area (Å²) in [6.07, 6.45) is 0. The molecule has 0 aliphatic rings. The lowest BCUT2D eigenvalue weighted by atomic mass is 10.2. The number of hydrogen-bond donors (Lipinski definition) is 1. The molecular weight excluding hydrogens is 361 g/mol. The summed E-state index contributed by atoms with van der Waals surface area (Å²) >= 11 is 11.8. The molecule has 2 rings (SSSR count). The quantitative estimate of drug-likeness (QED) is 0.804. The Kier molecular flexibility index (Phi) is 5.51. The van der Waals surface area contributed by atoms with Crippen LogP contribution in [0.25, 0.3) is 0 Å². The lowest BCUT2D eigenvalue weighted by Crippen LogP contribution is -2.13. The van der Waals surface area contributed by atoms with E-state index in [1.807, 2.05) is 0 Å². The number of carbonyl (C=O) groups excluding carboxylic acids is 1. The maximum Gasteiger partial charge on any atom is 0.338 e. The molecule has 5 nitrogen and oxygen atoms in total. The minimum atomic E-state index is -3.85. The van der Waals surface area contributed by atoms with Crippen LogP contribution in [-0.4, -0.2) is 21.0 Å². The van der Waals surface area contributed by atoms with E-state index in [1.54, 1.807) is 13.0 Å². The molecule has 0 radical (unpaired) electrons. The summed E-state index contributed by atoms with van der Waals surface area (Å²) in [5.41, 5.74) is 0.445. The summed E-state index contributed by atoms with van der Waals surface area (Å²) < 4.78 is 31.9. The SMILES string of the molecule is CCOC(=O)c1ccc(S(=O)(=O)Nc2cc(Cl)ccc2Cl)cc1. The van der Waals surface area contributed by atoms with Gasteiger partial charge in [-0.15, -0.1) is 0 Å². The van der Waals surface area contributed by atoms with E-state index in [2.05, 4.69) is 4.72 Å². The molecule has 2 aromatic rings. The summed E-state index contributed by atoms with van der Waals surface area (Å²) in [5, 5.41) is 0.575. The van der Waals surface area contributed by atoms with E-state index in [1.165, 1.54) is 36.4 Å². The second kappa shape index (κ2) is 7.21. The van der Waals surface area contributed by atoms with Crippen molar-refractivity contribution in [1.82, 2.24) is 0 Å². The fourth-order valence-corrected chi connectivity index (χ4v) is 3.23. The lowest BCUT2D eigenvalue weighted by Gasteiger charge is -2.10. The fourth-order valence-electron chi connectivity index (χ4n) is 1.76. The molecule has 0 unspecified atom stereocenters. The number of sulfonamides is 1. The third-order valence-corrected chi connectivity index (χ3v) is 4.79. The van der Waals surface area contributed by atoms with Crippen LogP contribution in [0.1, 0.15) is 17.3 Å². The molecule has 0 aliphatic carbocycles. The molecule has 0 aliphatic heterocycles. The second-order valence-electron chi connectivity index (χ2n) is 4.47. The number of halogens is 2. The Balaban J connectivity index is 2.26. The summed E-state index contributed by atoms with van der Waals surface area (Å²) in [6.45, 7) is 1.93. The Bertz CT molecular complexity index is 820. The van der Waals surface area contributed by atoms with Crippen LogP contribution < -0.4 is 4.72 Å². The zero-order valence-corrected chi connectivity index (χ0v) is 14.4. The first kappa shape index (κ1) is 17.6. The monoisotopic (exact) mass is 373 g/mol. The van der Waals surface area contributed by atoms with Crippen molar-refractivity contribution in [2.24, 2.45) is 0 Å². The van der Waals surface area contributed by atoms with Gasteiger partial charge in [-0.1, -0.05) is 23.2 Å². The van der Waals surface area contributed by atoms with Gasteiger partial charge >= 0.3 is 5.97 Å². The van der Waals surface area contributed by atoms with E-state index < -0.39 is 16.0 Å². The van der Waals surface area contributed by atoms with E-state index in [4.69, 9.17) is 27.9 Å². The summed E-state index contributed by atoms with van der Waals surface area (Å²) in [6, 6.07) is 9.84. The van der Waals surface area contributed by atoms with Crippen molar-refractivity contribution < 1.29 is 17.9 Å². The van der Waals surface area contributed by atoms with Crippen molar-refractivity contribution in [3.63, 3.8) is 0 Å². The number of benzene rings is 2. The van der Waals surface area contributed by atoms with E-state index >= 15 is 0 Å². The minimum Gasteiger partial charge on any atom is -0.462 e. The molecule has 23 heavy (non-hydrogen) atoms. The summed E-state index contributed by atoms with van der Waals surface area (Å²) in [4.78, 5) is 11.5. The second-order valence-corrected chi connectivity index (χ2v) is 7.00. The van der Waals surface area contributed by atoms with Gasteiger partial charge in [-0.05, 0) is 49.4 Å². The number of carbonyl (C=O) groups is 1. The highest BCUT2D eigenvalue weighted by Crippen LogP contribution is 2.27. The molecule has 8 heteroatoms. The Morgan fingerprint density at radius 1 is 1.13 bits per heavy atom. The molecule has 0 atom stereocenters. The third kappa shape index (κ3) is 4.37. The maximum atomic E-state index is 12.3. The maximum absolute atomic E-state index is 12.3. The third-order valence-electron chi connectivity index (χ3n) is 2.85. The first-order chi connectivity index (χ1) is 10.8. The van der Waals surface area contributed by atoms with Crippen molar-refractivity contribution in [1.29, 1.82) is 0 Å². The number of esters is 1. The lowest BCUT2D eigenvalue weighted by molar-refractivity contribution is 0.0526. The Labute approximate surface area is 144 Å².